The summed E-state index contributed by atoms with van der Waals surface area (Å²) in [5, 5.41) is 0. The zero-order valence-corrected chi connectivity index (χ0v) is 11.5. The van der Waals surface area contributed by atoms with E-state index in [4.69, 9.17) is 0 Å². The number of carbonyl (C=O) groups excluding carboxylic acids is 1. The first-order valence-electron chi connectivity index (χ1n) is 7.12. The van der Waals surface area contributed by atoms with E-state index >= 15 is 0 Å². The highest BCUT2D eigenvalue weighted by atomic mass is 16.1. The molecule has 1 aliphatic rings. The second-order valence-electron chi connectivity index (χ2n) is 5.45. The molecule has 0 radical (unpaired) electrons. The lowest BCUT2D eigenvalue weighted by Gasteiger charge is -2.06. The molecule has 0 heterocycles. The molecule has 0 N–H and O–H groups in total. The van der Waals surface area contributed by atoms with Crippen LogP contribution in [0.25, 0.3) is 22.3 Å². The number of aldehydes is 1. The van der Waals surface area contributed by atoms with E-state index in [2.05, 4.69) is 42.5 Å². The topological polar surface area (TPSA) is 17.1 Å². The van der Waals surface area contributed by atoms with Gasteiger partial charge in [-0.2, -0.15) is 0 Å². The van der Waals surface area contributed by atoms with Gasteiger partial charge in [0.25, 0.3) is 0 Å². The molecule has 0 aromatic heterocycles. The van der Waals surface area contributed by atoms with Gasteiger partial charge in [-0.1, -0.05) is 66.7 Å². The SMILES string of the molecule is O=Cc1ccc(-c2ccc3c(c2)Cc2ccccc2-3)cc1. The Morgan fingerprint density at radius 1 is 0.714 bits per heavy atom. The van der Waals surface area contributed by atoms with E-state index in [1.165, 1.54) is 27.8 Å². The number of rotatable bonds is 2. The van der Waals surface area contributed by atoms with E-state index in [9.17, 15) is 4.79 Å². The molecule has 0 unspecified atom stereocenters. The summed E-state index contributed by atoms with van der Waals surface area (Å²) in [6.45, 7) is 0. The van der Waals surface area contributed by atoms with Crippen molar-refractivity contribution in [2.45, 2.75) is 6.42 Å². The molecule has 4 rings (SSSR count). The Morgan fingerprint density at radius 2 is 1.43 bits per heavy atom. The molecule has 21 heavy (non-hydrogen) atoms. The minimum absolute atomic E-state index is 0.715. The van der Waals surface area contributed by atoms with Crippen molar-refractivity contribution in [1.82, 2.24) is 0 Å². The first-order chi connectivity index (χ1) is 10.3. The summed E-state index contributed by atoms with van der Waals surface area (Å²) in [5.74, 6) is 0. The largest absolute Gasteiger partial charge is 0.298 e. The summed E-state index contributed by atoms with van der Waals surface area (Å²) in [7, 11) is 0. The van der Waals surface area contributed by atoms with E-state index < -0.39 is 0 Å². The van der Waals surface area contributed by atoms with Crippen LogP contribution in [0.4, 0.5) is 0 Å². The molecule has 1 heteroatoms. The third-order valence-electron chi connectivity index (χ3n) is 4.17. The Morgan fingerprint density at radius 3 is 2.24 bits per heavy atom. The van der Waals surface area contributed by atoms with Crippen LogP contribution in [0.1, 0.15) is 21.5 Å². The number of hydrogen-bond acceptors (Lipinski definition) is 1. The Hall–Kier alpha value is -2.67. The minimum atomic E-state index is 0.715. The number of fused-ring (bicyclic) bond motifs is 3. The molecule has 1 nitrogen and oxygen atoms in total. The first kappa shape index (κ1) is 12.1. The van der Waals surface area contributed by atoms with E-state index in [0.717, 1.165) is 18.3 Å². The van der Waals surface area contributed by atoms with Gasteiger partial charge >= 0.3 is 0 Å². The average molecular weight is 270 g/mol. The predicted octanol–water partition coefficient (Wildman–Crippen LogP) is 4.74. The predicted molar refractivity (Wildman–Crippen MR) is 85.5 cm³/mol. The molecule has 3 aromatic rings. The summed E-state index contributed by atoms with van der Waals surface area (Å²) in [5.41, 5.74) is 8.56. The van der Waals surface area contributed by atoms with E-state index in [0.29, 0.717) is 5.56 Å². The minimum Gasteiger partial charge on any atom is -0.298 e. The van der Waals surface area contributed by atoms with Gasteiger partial charge < -0.3 is 0 Å². The Bertz CT molecular complexity index is 829. The maximum absolute atomic E-state index is 10.7. The molecule has 0 saturated carbocycles. The van der Waals surface area contributed by atoms with Gasteiger partial charge in [0.15, 0.2) is 0 Å². The van der Waals surface area contributed by atoms with Crippen LogP contribution in [0.2, 0.25) is 0 Å². The highest BCUT2D eigenvalue weighted by Gasteiger charge is 2.17. The van der Waals surface area contributed by atoms with Gasteiger partial charge in [-0.25, -0.2) is 0 Å². The standard InChI is InChI=1S/C20H14O/c21-13-14-5-7-15(8-6-14)16-9-10-20-18(11-16)12-17-3-1-2-4-19(17)20/h1-11,13H,12H2. The second-order valence-corrected chi connectivity index (χ2v) is 5.45. The highest BCUT2D eigenvalue weighted by molar-refractivity contribution is 5.81. The normalized spacial score (nSPS) is 11.8. The van der Waals surface area contributed by atoms with Gasteiger partial charge in [-0.3, -0.25) is 4.79 Å². The number of benzene rings is 3. The fourth-order valence-corrected chi connectivity index (χ4v) is 3.08. The van der Waals surface area contributed by atoms with Crippen LogP contribution in [0.5, 0.6) is 0 Å². The molecule has 0 atom stereocenters. The van der Waals surface area contributed by atoms with Crippen LogP contribution in [0.15, 0.2) is 66.7 Å². The number of hydrogen-bond donors (Lipinski definition) is 0. The molecule has 1 aliphatic carbocycles. The van der Waals surface area contributed by atoms with Crippen molar-refractivity contribution in [3.8, 4) is 22.3 Å². The number of carbonyl (C=O) groups is 1. The van der Waals surface area contributed by atoms with Gasteiger partial charge in [0, 0.05) is 5.56 Å². The van der Waals surface area contributed by atoms with E-state index in [1.54, 1.807) is 0 Å². The molecule has 100 valence electrons. The van der Waals surface area contributed by atoms with Crippen LogP contribution in [0.3, 0.4) is 0 Å². The third-order valence-corrected chi connectivity index (χ3v) is 4.17. The summed E-state index contributed by atoms with van der Waals surface area (Å²) in [6.07, 6.45) is 1.88. The van der Waals surface area contributed by atoms with Crippen molar-refractivity contribution in [2.75, 3.05) is 0 Å². The van der Waals surface area contributed by atoms with Gasteiger partial charge in [0.2, 0.25) is 0 Å². The summed E-state index contributed by atoms with van der Waals surface area (Å²) >= 11 is 0. The molecule has 0 fully saturated rings. The van der Waals surface area contributed by atoms with Crippen LogP contribution in [-0.4, -0.2) is 6.29 Å². The average Bonchev–Trinajstić information content (AvgIpc) is 2.92. The summed E-state index contributed by atoms with van der Waals surface area (Å²) in [4.78, 5) is 10.7. The first-order valence-corrected chi connectivity index (χ1v) is 7.12. The Kier molecular flexibility index (Phi) is 2.71. The highest BCUT2D eigenvalue weighted by Crippen LogP contribution is 2.38. The molecular formula is C20H14O. The van der Waals surface area contributed by atoms with Gasteiger partial charge in [0.1, 0.15) is 6.29 Å². The van der Waals surface area contributed by atoms with Crippen molar-refractivity contribution >= 4 is 6.29 Å². The molecule has 3 aromatic carbocycles. The lowest BCUT2D eigenvalue weighted by molar-refractivity contribution is 0.112. The Balaban J connectivity index is 1.77. The maximum Gasteiger partial charge on any atom is 0.150 e. The summed E-state index contributed by atoms with van der Waals surface area (Å²) in [6, 6.07) is 23.0. The van der Waals surface area contributed by atoms with Crippen molar-refractivity contribution in [2.24, 2.45) is 0 Å². The zero-order chi connectivity index (χ0) is 14.2. The van der Waals surface area contributed by atoms with Crippen molar-refractivity contribution in [3.05, 3.63) is 83.4 Å². The fraction of sp³-hybridized carbons (Fsp3) is 0.0500. The van der Waals surface area contributed by atoms with E-state index in [1.807, 2.05) is 24.3 Å². The lowest BCUT2D eigenvalue weighted by Crippen LogP contribution is -1.85. The van der Waals surface area contributed by atoms with E-state index in [-0.39, 0.29) is 0 Å². The maximum atomic E-state index is 10.7. The Labute approximate surface area is 123 Å². The third kappa shape index (κ3) is 1.98. The molecule has 0 amide bonds. The van der Waals surface area contributed by atoms with Crippen LogP contribution < -0.4 is 0 Å². The van der Waals surface area contributed by atoms with Crippen LogP contribution in [0, 0.1) is 0 Å². The summed E-state index contributed by atoms with van der Waals surface area (Å²) < 4.78 is 0. The molecule has 0 spiro atoms. The lowest BCUT2D eigenvalue weighted by atomic mass is 9.98. The molecule has 0 aliphatic heterocycles. The van der Waals surface area contributed by atoms with Crippen LogP contribution in [-0.2, 0) is 6.42 Å². The monoisotopic (exact) mass is 270 g/mol. The van der Waals surface area contributed by atoms with Gasteiger partial charge in [-0.15, -0.1) is 0 Å². The zero-order valence-electron chi connectivity index (χ0n) is 11.5. The van der Waals surface area contributed by atoms with Crippen molar-refractivity contribution < 1.29 is 4.79 Å². The molecule has 0 saturated heterocycles. The van der Waals surface area contributed by atoms with Gasteiger partial charge in [-0.05, 0) is 39.8 Å². The fourth-order valence-electron chi connectivity index (χ4n) is 3.08. The molecule has 0 bridgehead atoms. The van der Waals surface area contributed by atoms with Crippen molar-refractivity contribution in [3.63, 3.8) is 0 Å². The van der Waals surface area contributed by atoms with Crippen LogP contribution >= 0.6 is 0 Å². The smallest absolute Gasteiger partial charge is 0.150 e. The van der Waals surface area contributed by atoms with Gasteiger partial charge in [0.05, 0.1) is 0 Å². The second kappa shape index (κ2) is 4.71. The molecular weight excluding hydrogens is 256 g/mol. The van der Waals surface area contributed by atoms with Crippen molar-refractivity contribution in [1.29, 1.82) is 0 Å². The quantitative estimate of drug-likeness (QED) is 0.481.